The summed E-state index contributed by atoms with van der Waals surface area (Å²) in [6.07, 6.45) is 7.46. The highest BCUT2D eigenvalue weighted by Crippen LogP contribution is 2.20. The van der Waals surface area contributed by atoms with Crippen molar-refractivity contribution in [1.82, 2.24) is 4.90 Å². The molecule has 82 valence electrons. The Balaban J connectivity index is 4.32. The summed E-state index contributed by atoms with van der Waals surface area (Å²) in [6, 6.07) is 0. The van der Waals surface area contributed by atoms with Crippen LogP contribution in [0, 0.1) is 18.3 Å². The van der Waals surface area contributed by atoms with Gasteiger partial charge < -0.3 is 0 Å². The molecule has 1 atom stereocenters. The monoisotopic (exact) mass is 195 g/mol. The van der Waals surface area contributed by atoms with Crippen LogP contribution in [0.5, 0.6) is 0 Å². The summed E-state index contributed by atoms with van der Waals surface area (Å²) in [5.41, 5.74) is 0.146. The first-order chi connectivity index (χ1) is 6.47. The van der Waals surface area contributed by atoms with Crippen molar-refractivity contribution in [2.24, 2.45) is 5.92 Å². The van der Waals surface area contributed by atoms with Crippen molar-refractivity contribution in [3.8, 4) is 12.3 Å². The summed E-state index contributed by atoms with van der Waals surface area (Å²) in [5.74, 6) is 3.53. The Morgan fingerprint density at radius 2 is 1.93 bits per heavy atom. The lowest BCUT2D eigenvalue weighted by atomic mass is 9.96. The number of nitrogens with zero attached hydrogens (tertiary/aromatic N) is 1. The van der Waals surface area contributed by atoms with E-state index < -0.39 is 0 Å². The molecule has 0 aliphatic rings. The second-order valence-electron chi connectivity index (χ2n) is 4.75. The molecule has 14 heavy (non-hydrogen) atoms. The van der Waals surface area contributed by atoms with Crippen molar-refractivity contribution >= 4 is 0 Å². The van der Waals surface area contributed by atoms with E-state index >= 15 is 0 Å². The maximum Gasteiger partial charge on any atom is 0.0266 e. The molecule has 0 amide bonds. The molecule has 0 N–H and O–H groups in total. The summed E-state index contributed by atoms with van der Waals surface area (Å²) in [6.45, 7) is 13.5. The highest BCUT2D eigenvalue weighted by atomic mass is 15.2. The van der Waals surface area contributed by atoms with Crippen LogP contribution in [0.15, 0.2) is 0 Å². The van der Waals surface area contributed by atoms with E-state index in [0.29, 0.717) is 0 Å². The number of rotatable bonds is 6. The molecule has 1 heteroatoms. The summed E-state index contributed by atoms with van der Waals surface area (Å²) in [4.78, 5) is 2.49. The van der Waals surface area contributed by atoms with Gasteiger partial charge in [-0.05, 0) is 26.3 Å². The second kappa shape index (κ2) is 6.09. The Bertz CT molecular complexity index is 188. The van der Waals surface area contributed by atoms with Gasteiger partial charge in [0.25, 0.3) is 0 Å². The predicted molar refractivity (Wildman–Crippen MR) is 64.2 cm³/mol. The first kappa shape index (κ1) is 13.5. The van der Waals surface area contributed by atoms with Gasteiger partial charge in [0.15, 0.2) is 0 Å². The Kier molecular flexibility index (Phi) is 5.88. The van der Waals surface area contributed by atoms with E-state index in [2.05, 4.69) is 45.4 Å². The van der Waals surface area contributed by atoms with Gasteiger partial charge in [-0.25, -0.2) is 0 Å². The molecule has 1 nitrogen and oxygen atoms in total. The van der Waals surface area contributed by atoms with Crippen LogP contribution in [-0.4, -0.2) is 23.5 Å². The fourth-order valence-electron chi connectivity index (χ4n) is 1.67. The molecule has 0 aromatic heterocycles. The quantitative estimate of drug-likeness (QED) is 0.588. The molecular weight excluding hydrogens is 170 g/mol. The standard InChI is InChI=1S/C13H25N/c1-7-10-13(5,6)14(9-3)11-12(4)8-2/h1,12H,8-11H2,2-6H3. The minimum absolute atomic E-state index is 0.146. The molecule has 0 heterocycles. The summed E-state index contributed by atoms with van der Waals surface area (Å²) in [5, 5.41) is 0. The number of hydrogen-bond donors (Lipinski definition) is 0. The summed E-state index contributed by atoms with van der Waals surface area (Å²) < 4.78 is 0. The third-order valence-electron chi connectivity index (χ3n) is 3.00. The smallest absolute Gasteiger partial charge is 0.0266 e. The first-order valence-corrected chi connectivity index (χ1v) is 5.66. The molecule has 0 saturated heterocycles. The molecule has 0 rings (SSSR count). The van der Waals surface area contributed by atoms with Crippen molar-refractivity contribution in [3.63, 3.8) is 0 Å². The van der Waals surface area contributed by atoms with Crippen LogP contribution < -0.4 is 0 Å². The third-order valence-corrected chi connectivity index (χ3v) is 3.00. The Hall–Kier alpha value is -0.480. The van der Waals surface area contributed by atoms with Crippen molar-refractivity contribution in [2.45, 2.75) is 53.0 Å². The Morgan fingerprint density at radius 3 is 2.29 bits per heavy atom. The molecule has 0 spiro atoms. The van der Waals surface area contributed by atoms with Crippen LogP contribution >= 0.6 is 0 Å². The zero-order chi connectivity index (χ0) is 11.2. The molecule has 0 bridgehead atoms. The largest absolute Gasteiger partial charge is 0.297 e. The van der Waals surface area contributed by atoms with E-state index in [9.17, 15) is 0 Å². The van der Waals surface area contributed by atoms with Gasteiger partial charge in [0.1, 0.15) is 0 Å². The summed E-state index contributed by atoms with van der Waals surface area (Å²) in [7, 11) is 0. The minimum Gasteiger partial charge on any atom is -0.297 e. The molecule has 0 radical (unpaired) electrons. The van der Waals surface area contributed by atoms with Crippen LogP contribution in [-0.2, 0) is 0 Å². The molecule has 0 aliphatic carbocycles. The van der Waals surface area contributed by atoms with E-state index in [1.54, 1.807) is 0 Å². The zero-order valence-electron chi connectivity index (χ0n) is 10.4. The maximum absolute atomic E-state index is 5.39. The van der Waals surface area contributed by atoms with Crippen molar-refractivity contribution < 1.29 is 0 Å². The van der Waals surface area contributed by atoms with Crippen LogP contribution in [0.1, 0.15) is 47.5 Å². The number of hydrogen-bond acceptors (Lipinski definition) is 1. The van der Waals surface area contributed by atoms with Gasteiger partial charge in [-0.15, -0.1) is 12.3 Å². The first-order valence-electron chi connectivity index (χ1n) is 5.66. The predicted octanol–water partition coefficient (Wildman–Crippen LogP) is 3.16. The van der Waals surface area contributed by atoms with Crippen molar-refractivity contribution in [1.29, 1.82) is 0 Å². The third kappa shape index (κ3) is 4.15. The molecular formula is C13H25N. The molecule has 0 aromatic carbocycles. The average molecular weight is 195 g/mol. The normalized spacial score (nSPS) is 14.1. The molecule has 1 unspecified atom stereocenters. The van der Waals surface area contributed by atoms with E-state index in [-0.39, 0.29) is 5.54 Å². The summed E-state index contributed by atoms with van der Waals surface area (Å²) >= 11 is 0. The van der Waals surface area contributed by atoms with Crippen LogP contribution in [0.2, 0.25) is 0 Å². The maximum atomic E-state index is 5.39. The molecule has 0 saturated carbocycles. The topological polar surface area (TPSA) is 3.24 Å². The minimum atomic E-state index is 0.146. The van der Waals surface area contributed by atoms with E-state index in [0.717, 1.165) is 25.4 Å². The van der Waals surface area contributed by atoms with Crippen molar-refractivity contribution in [2.75, 3.05) is 13.1 Å². The number of terminal acetylenes is 1. The van der Waals surface area contributed by atoms with Crippen LogP contribution in [0.25, 0.3) is 0 Å². The van der Waals surface area contributed by atoms with Gasteiger partial charge in [-0.3, -0.25) is 4.90 Å². The van der Waals surface area contributed by atoms with Gasteiger partial charge in [-0.2, -0.15) is 0 Å². The molecule has 0 aromatic rings. The zero-order valence-corrected chi connectivity index (χ0v) is 10.4. The second-order valence-corrected chi connectivity index (χ2v) is 4.75. The molecule has 0 aliphatic heterocycles. The van der Waals surface area contributed by atoms with E-state index in [1.807, 2.05) is 0 Å². The fraction of sp³-hybridized carbons (Fsp3) is 0.846. The molecule has 0 fully saturated rings. The van der Waals surface area contributed by atoms with Crippen LogP contribution in [0.3, 0.4) is 0 Å². The fourth-order valence-corrected chi connectivity index (χ4v) is 1.67. The van der Waals surface area contributed by atoms with Gasteiger partial charge in [0, 0.05) is 18.5 Å². The Morgan fingerprint density at radius 1 is 1.36 bits per heavy atom. The van der Waals surface area contributed by atoms with E-state index in [1.165, 1.54) is 6.42 Å². The highest BCUT2D eigenvalue weighted by Gasteiger charge is 2.25. The van der Waals surface area contributed by atoms with Crippen molar-refractivity contribution in [3.05, 3.63) is 0 Å². The lowest BCUT2D eigenvalue weighted by molar-refractivity contribution is 0.111. The Labute approximate surface area is 89.9 Å². The SMILES string of the molecule is C#CCC(C)(C)N(CC)CC(C)CC. The lowest BCUT2D eigenvalue weighted by Gasteiger charge is -2.38. The van der Waals surface area contributed by atoms with Gasteiger partial charge in [-0.1, -0.05) is 27.2 Å². The van der Waals surface area contributed by atoms with Crippen LogP contribution in [0.4, 0.5) is 0 Å². The average Bonchev–Trinajstić information content (AvgIpc) is 2.13. The lowest BCUT2D eigenvalue weighted by Crippen LogP contribution is -2.45. The van der Waals surface area contributed by atoms with E-state index in [4.69, 9.17) is 6.42 Å². The van der Waals surface area contributed by atoms with Gasteiger partial charge in [0.2, 0.25) is 0 Å². The van der Waals surface area contributed by atoms with Gasteiger partial charge >= 0.3 is 0 Å². The van der Waals surface area contributed by atoms with Gasteiger partial charge in [0.05, 0.1) is 0 Å². The highest BCUT2D eigenvalue weighted by molar-refractivity contribution is 4.96.